The van der Waals surface area contributed by atoms with E-state index >= 15 is 0 Å². The zero-order chi connectivity index (χ0) is 10.7. The van der Waals surface area contributed by atoms with Crippen LogP contribution in [0.2, 0.25) is 0 Å². The van der Waals surface area contributed by atoms with Crippen LogP contribution >= 0.6 is 11.3 Å². The molecular weight excluding hydrogens is 210 g/mol. The Bertz CT molecular complexity index is 315. The fourth-order valence-corrected chi connectivity index (χ4v) is 2.55. The third kappa shape index (κ3) is 2.98. The molecule has 0 aromatic carbocycles. The summed E-state index contributed by atoms with van der Waals surface area (Å²) in [6, 6.07) is 0. The molecule has 1 unspecified atom stereocenters. The van der Waals surface area contributed by atoms with Crippen LogP contribution in [0, 0.1) is 6.92 Å². The first kappa shape index (κ1) is 11.0. The second kappa shape index (κ2) is 5.03. The Kier molecular flexibility index (Phi) is 3.69. The summed E-state index contributed by atoms with van der Waals surface area (Å²) in [4.78, 5) is 6.82. The third-order valence-electron chi connectivity index (χ3n) is 2.51. The Morgan fingerprint density at radius 2 is 2.60 bits per heavy atom. The Hall–Kier alpha value is -0.490. The summed E-state index contributed by atoms with van der Waals surface area (Å²) in [5, 5.41) is 3.28. The smallest absolute Gasteiger partial charge is 0.107 e. The summed E-state index contributed by atoms with van der Waals surface area (Å²) in [6.07, 6.45) is 0.194. The summed E-state index contributed by atoms with van der Waals surface area (Å²) in [5.41, 5.74) is 6.71. The molecule has 2 rings (SSSR count). The van der Waals surface area contributed by atoms with Gasteiger partial charge in [-0.05, 0) is 6.92 Å². The van der Waals surface area contributed by atoms with E-state index in [4.69, 9.17) is 10.5 Å². The maximum absolute atomic E-state index is 5.60. The van der Waals surface area contributed by atoms with Gasteiger partial charge in [-0.25, -0.2) is 4.98 Å². The van der Waals surface area contributed by atoms with Crippen molar-refractivity contribution in [2.24, 2.45) is 5.73 Å². The third-order valence-corrected chi connectivity index (χ3v) is 3.46. The van der Waals surface area contributed by atoms with Crippen molar-refractivity contribution < 1.29 is 4.74 Å². The number of morpholine rings is 1. The van der Waals surface area contributed by atoms with E-state index < -0.39 is 0 Å². The van der Waals surface area contributed by atoms with Crippen LogP contribution in [-0.2, 0) is 11.3 Å². The van der Waals surface area contributed by atoms with Gasteiger partial charge in [0.15, 0.2) is 0 Å². The van der Waals surface area contributed by atoms with E-state index in [0.717, 1.165) is 31.9 Å². The highest BCUT2D eigenvalue weighted by molar-refractivity contribution is 7.09. The molecule has 1 aliphatic rings. The van der Waals surface area contributed by atoms with E-state index in [1.807, 2.05) is 6.92 Å². The molecule has 84 valence electrons. The van der Waals surface area contributed by atoms with Crippen molar-refractivity contribution in [3.63, 3.8) is 0 Å². The Morgan fingerprint density at radius 3 is 3.27 bits per heavy atom. The molecule has 5 heteroatoms. The van der Waals surface area contributed by atoms with E-state index in [-0.39, 0.29) is 6.10 Å². The second-order valence-corrected chi connectivity index (χ2v) is 4.79. The maximum Gasteiger partial charge on any atom is 0.107 e. The van der Waals surface area contributed by atoms with Gasteiger partial charge >= 0.3 is 0 Å². The number of thiazole rings is 1. The molecule has 1 fully saturated rings. The molecule has 1 aromatic rings. The highest BCUT2D eigenvalue weighted by Gasteiger charge is 2.19. The van der Waals surface area contributed by atoms with Crippen LogP contribution < -0.4 is 5.73 Å². The fourth-order valence-electron chi connectivity index (χ4n) is 1.73. The molecule has 15 heavy (non-hydrogen) atoms. The summed E-state index contributed by atoms with van der Waals surface area (Å²) in [5.74, 6) is 0. The maximum atomic E-state index is 5.60. The molecule has 2 N–H and O–H groups in total. The van der Waals surface area contributed by atoms with Gasteiger partial charge in [0.2, 0.25) is 0 Å². The van der Waals surface area contributed by atoms with Gasteiger partial charge in [-0.3, -0.25) is 4.90 Å². The quantitative estimate of drug-likeness (QED) is 0.822. The lowest BCUT2D eigenvalue weighted by Gasteiger charge is -2.31. The number of aromatic nitrogens is 1. The Morgan fingerprint density at radius 1 is 1.73 bits per heavy atom. The van der Waals surface area contributed by atoms with E-state index in [2.05, 4.69) is 15.3 Å². The van der Waals surface area contributed by atoms with Crippen LogP contribution in [0.3, 0.4) is 0 Å². The number of nitrogens with two attached hydrogens (primary N) is 1. The predicted octanol–water partition coefficient (Wildman–Crippen LogP) is 0.611. The number of rotatable bonds is 3. The highest BCUT2D eigenvalue weighted by Crippen LogP contribution is 2.13. The molecule has 0 bridgehead atoms. The van der Waals surface area contributed by atoms with E-state index in [0.29, 0.717) is 6.54 Å². The van der Waals surface area contributed by atoms with Gasteiger partial charge in [-0.2, -0.15) is 0 Å². The lowest BCUT2D eigenvalue weighted by Crippen LogP contribution is -2.45. The van der Waals surface area contributed by atoms with Crippen molar-refractivity contribution in [1.29, 1.82) is 0 Å². The Balaban J connectivity index is 1.88. The summed E-state index contributed by atoms with van der Waals surface area (Å²) >= 11 is 1.73. The average Bonchev–Trinajstić information content (AvgIpc) is 2.64. The van der Waals surface area contributed by atoms with E-state index in [9.17, 15) is 0 Å². The minimum atomic E-state index is 0.194. The summed E-state index contributed by atoms with van der Waals surface area (Å²) < 4.78 is 5.52. The van der Waals surface area contributed by atoms with E-state index in [1.165, 1.54) is 5.01 Å². The zero-order valence-corrected chi connectivity index (χ0v) is 9.80. The van der Waals surface area contributed by atoms with Crippen molar-refractivity contribution >= 4 is 11.3 Å². The van der Waals surface area contributed by atoms with Crippen LogP contribution in [0.15, 0.2) is 5.38 Å². The largest absolute Gasteiger partial charge is 0.374 e. The molecule has 0 radical (unpaired) electrons. The Labute approximate surface area is 94.1 Å². The first-order valence-corrected chi connectivity index (χ1v) is 6.11. The average molecular weight is 227 g/mol. The monoisotopic (exact) mass is 227 g/mol. The van der Waals surface area contributed by atoms with Crippen molar-refractivity contribution in [3.8, 4) is 0 Å². The van der Waals surface area contributed by atoms with Crippen LogP contribution in [-0.4, -0.2) is 42.2 Å². The number of hydrogen-bond donors (Lipinski definition) is 1. The first-order valence-electron chi connectivity index (χ1n) is 5.23. The highest BCUT2D eigenvalue weighted by atomic mass is 32.1. The van der Waals surface area contributed by atoms with Crippen molar-refractivity contribution in [1.82, 2.24) is 9.88 Å². The van der Waals surface area contributed by atoms with Gasteiger partial charge in [-0.15, -0.1) is 11.3 Å². The minimum absolute atomic E-state index is 0.194. The zero-order valence-electron chi connectivity index (χ0n) is 8.98. The molecule has 1 aliphatic heterocycles. The minimum Gasteiger partial charge on any atom is -0.374 e. The van der Waals surface area contributed by atoms with Crippen LogP contribution in [0.1, 0.15) is 10.7 Å². The molecule has 0 amide bonds. The summed E-state index contributed by atoms with van der Waals surface area (Å²) in [7, 11) is 0. The SMILES string of the molecule is Cc1csc(CN2CCOC(CN)C2)n1. The molecule has 1 atom stereocenters. The molecule has 0 saturated carbocycles. The van der Waals surface area contributed by atoms with Gasteiger partial charge in [0.1, 0.15) is 5.01 Å². The molecule has 2 heterocycles. The molecule has 0 spiro atoms. The molecular formula is C10H17N3OS. The topological polar surface area (TPSA) is 51.4 Å². The van der Waals surface area contributed by atoms with Gasteiger partial charge in [0, 0.05) is 30.7 Å². The normalized spacial score (nSPS) is 23.2. The van der Waals surface area contributed by atoms with Gasteiger partial charge in [0.05, 0.1) is 19.3 Å². The first-order chi connectivity index (χ1) is 7.28. The molecule has 4 nitrogen and oxygen atoms in total. The summed E-state index contributed by atoms with van der Waals surface area (Å²) in [6.45, 7) is 6.25. The van der Waals surface area contributed by atoms with Crippen molar-refractivity contribution in [2.75, 3.05) is 26.2 Å². The lowest BCUT2D eigenvalue weighted by atomic mass is 10.3. The molecule has 0 aliphatic carbocycles. The van der Waals surface area contributed by atoms with Crippen LogP contribution in [0.25, 0.3) is 0 Å². The van der Waals surface area contributed by atoms with Crippen molar-refractivity contribution in [3.05, 3.63) is 16.1 Å². The number of ether oxygens (including phenoxy) is 1. The number of hydrogen-bond acceptors (Lipinski definition) is 5. The predicted molar refractivity (Wildman–Crippen MR) is 60.9 cm³/mol. The van der Waals surface area contributed by atoms with Crippen LogP contribution in [0.5, 0.6) is 0 Å². The van der Waals surface area contributed by atoms with Gasteiger partial charge in [-0.1, -0.05) is 0 Å². The standard InChI is InChI=1S/C10H17N3OS/c1-8-7-15-10(12-8)6-13-2-3-14-9(4-11)5-13/h7,9H,2-6,11H2,1H3. The van der Waals surface area contributed by atoms with Gasteiger partial charge in [0.25, 0.3) is 0 Å². The van der Waals surface area contributed by atoms with Crippen LogP contribution in [0.4, 0.5) is 0 Å². The fraction of sp³-hybridized carbons (Fsp3) is 0.700. The number of aryl methyl sites for hydroxylation is 1. The second-order valence-electron chi connectivity index (χ2n) is 3.85. The number of nitrogens with zero attached hydrogens (tertiary/aromatic N) is 2. The van der Waals surface area contributed by atoms with Gasteiger partial charge < -0.3 is 10.5 Å². The van der Waals surface area contributed by atoms with Crippen molar-refractivity contribution in [2.45, 2.75) is 19.6 Å². The van der Waals surface area contributed by atoms with E-state index in [1.54, 1.807) is 11.3 Å². The molecule has 1 saturated heterocycles. The molecule has 1 aromatic heterocycles. The lowest BCUT2D eigenvalue weighted by molar-refractivity contribution is -0.0260.